The third kappa shape index (κ3) is 5.41. The molecule has 0 aromatic heterocycles. The molecule has 1 aliphatic rings. The largest absolute Gasteiger partial charge is 0.467 e. The Labute approximate surface area is 147 Å². The first-order valence-corrected chi connectivity index (χ1v) is 11.7. The Hall–Kier alpha value is -0.693. The summed E-state index contributed by atoms with van der Waals surface area (Å²) < 4.78 is 17.4. The van der Waals surface area contributed by atoms with Gasteiger partial charge in [-0.25, -0.2) is 4.79 Å². The molecular weight excluding hydrogens is 324 g/mol. The van der Waals surface area contributed by atoms with Crippen molar-refractivity contribution in [3.05, 3.63) is 12.2 Å². The fraction of sp³-hybridized carbons (Fsp3) is 0.833. The van der Waals surface area contributed by atoms with Crippen molar-refractivity contribution in [2.45, 2.75) is 89.5 Å². The van der Waals surface area contributed by atoms with Gasteiger partial charge in [-0.1, -0.05) is 39.8 Å². The Morgan fingerprint density at radius 3 is 2.42 bits per heavy atom. The molecule has 4 atom stereocenters. The van der Waals surface area contributed by atoms with Crippen LogP contribution >= 0.6 is 0 Å². The minimum atomic E-state index is -2.07. The number of esters is 1. The number of hydrogen-bond donors (Lipinski definition) is 1. The highest BCUT2D eigenvalue weighted by atomic mass is 28.4. The molecule has 1 rings (SSSR count). The highest BCUT2D eigenvalue weighted by molar-refractivity contribution is 6.74. The minimum absolute atomic E-state index is 0.0298. The van der Waals surface area contributed by atoms with Gasteiger partial charge in [-0.05, 0) is 37.4 Å². The molecule has 0 aromatic carbocycles. The molecule has 0 fully saturated rings. The van der Waals surface area contributed by atoms with Gasteiger partial charge in [0.15, 0.2) is 14.4 Å². The predicted molar refractivity (Wildman–Crippen MR) is 97.4 cm³/mol. The summed E-state index contributed by atoms with van der Waals surface area (Å²) in [6.07, 6.45) is 3.50. The SMILES string of the molecule is CC[C@@H](O)[C@H]1C/C=C\C[C@H](O[Si](C)(C)C(C)(C)C)[C@H](C(=O)OC)O1. The number of ether oxygens (including phenoxy) is 2. The normalized spacial score (nSPS) is 28.6. The van der Waals surface area contributed by atoms with E-state index >= 15 is 0 Å². The maximum atomic E-state index is 12.3. The first kappa shape index (κ1) is 21.3. The number of hydrogen-bond acceptors (Lipinski definition) is 5. The maximum Gasteiger partial charge on any atom is 0.337 e. The first-order chi connectivity index (χ1) is 11.0. The lowest BCUT2D eigenvalue weighted by molar-refractivity contribution is -0.173. The zero-order valence-electron chi connectivity index (χ0n) is 16.2. The zero-order chi connectivity index (χ0) is 18.5. The van der Waals surface area contributed by atoms with Crippen LogP contribution in [0.5, 0.6) is 0 Å². The van der Waals surface area contributed by atoms with E-state index in [-0.39, 0.29) is 5.04 Å². The number of aliphatic hydroxyl groups is 1. The molecule has 1 aliphatic heterocycles. The molecule has 0 saturated heterocycles. The van der Waals surface area contributed by atoms with E-state index in [1.807, 2.05) is 19.1 Å². The summed E-state index contributed by atoms with van der Waals surface area (Å²) in [5.74, 6) is -0.442. The van der Waals surface area contributed by atoms with Crippen LogP contribution in [0.2, 0.25) is 18.1 Å². The monoisotopic (exact) mass is 358 g/mol. The average molecular weight is 359 g/mol. The molecule has 0 amide bonds. The lowest BCUT2D eigenvalue weighted by atomic mass is 10.0. The highest BCUT2D eigenvalue weighted by Crippen LogP contribution is 2.38. The van der Waals surface area contributed by atoms with Gasteiger partial charge in [0.1, 0.15) is 0 Å². The van der Waals surface area contributed by atoms with Crippen molar-refractivity contribution in [1.29, 1.82) is 0 Å². The zero-order valence-corrected chi connectivity index (χ0v) is 17.2. The predicted octanol–water partition coefficient (Wildman–Crippen LogP) is 3.42. The molecule has 6 heteroatoms. The summed E-state index contributed by atoms with van der Waals surface area (Å²) in [6, 6.07) is 0. The quantitative estimate of drug-likeness (QED) is 0.463. The van der Waals surface area contributed by atoms with Crippen LogP contribution in [-0.4, -0.2) is 50.9 Å². The summed E-state index contributed by atoms with van der Waals surface area (Å²) >= 11 is 0. The second-order valence-electron chi connectivity index (χ2n) is 7.95. The summed E-state index contributed by atoms with van der Waals surface area (Å²) in [6.45, 7) is 12.7. The van der Waals surface area contributed by atoms with Crippen LogP contribution in [0.4, 0.5) is 0 Å². The molecule has 24 heavy (non-hydrogen) atoms. The standard InChI is InChI=1S/C18H34O5Si/c1-8-13(19)14-11-9-10-12-15(16(22-14)17(20)21-5)23-24(6,7)18(2,3)4/h9-10,13-16,19H,8,11-12H2,1-7H3/b10-9-/t13-,14-,15+,16-/m1/s1. The molecule has 0 unspecified atom stereocenters. The molecule has 0 bridgehead atoms. The van der Waals surface area contributed by atoms with E-state index in [1.54, 1.807) is 0 Å². The van der Waals surface area contributed by atoms with Gasteiger partial charge in [0, 0.05) is 0 Å². The molecule has 0 radical (unpaired) electrons. The van der Waals surface area contributed by atoms with Gasteiger partial charge in [-0.15, -0.1) is 0 Å². The molecule has 0 aliphatic carbocycles. The fourth-order valence-corrected chi connectivity index (χ4v) is 3.75. The molecule has 0 saturated carbocycles. The van der Waals surface area contributed by atoms with Crippen LogP contribution < -0.4 is 0 Å². The Morgan fingerprint density at radius 1 is 1.33 bits per heavy atom. The van der Waals surface area contributed by atoms with Gasteiger partial charge >= 0.3 is 5.97 Å². The van der Waals surface area contributed by atoms with E-state index in [0.717, 1.165) is 0 Å². The van der Waals surface area contributed by atoms with E-state index in [2.05, 4.69) is 33.9 Å². The Kier molecular flexibility index (Phi) is 7.65. The second-order valence-corrected chi connectivity index (χ2v) is 12.7. The molecule has 140 valence electrons. The topological polar surface area (TPSA) is 65.0 Å². The summed E-state index contributed by atoms with van der Waals surface area (Å²) in [7, 11) is -0.717. The van der Waals surface area contributed by atoms with Crippen LogP contribution in [0.25, 0.3) is 0 Å². The lowest BCUT2D eigenvalue weighted by Crippen LogP contribution is -2.51. The van der Waals surface area contributed by atoms with Crippen molar-refractivity contribution < 1.29 is 23.8 Å². The average Bonchev–Trinajstić information content (AvgIpc) is 2.48. The number of methoxy groups -OCH3 is 1. The van der Waals surface area contributed by atoms with Crippen LogP contribution in [0, 0.1) is 0 Å². The number of aliphatic hydroxyl groups excluding tert-OH is 1. The molecule has 1 heterocycles. The van der Waals surface area contributed by atoms with Crippen LogP contribution in [-0.2, 0) is 18.7 Å². The minimum Gasteiger partial charge on any atom is -0.467 e. The van der Waals surface area contributed by atoms with Gasteiger partial charge in [0.2, 0.25) is 0 Å². The van der Waals surface area contributed by atoms with Crippen molar-refractivity contribution in [3.63, 3.8) is 0 Å². The molecule has 1 N–H and O–H groups in total. The molecule has 5 nitrogen and oxygen atoms in total. The maximum absolute atomic E-state index is 12.3. The Morgan fingerprint density at radius 2 is 1.92 bits per heavy atom. The van der Waals surface area contributed by atoms with E-state index in [1.165, 1.54) is 7.11 Å². The third-order valence-electron chi connectivity index (χ3n) is 5.10. The van der Waals surface area contributed by atoms with Crippen molar-refractivity contribution in [2.75, 3.05) is 7.11 Å². The van der Waals surface area contributed by atoms with Gasteiger partial charge in [-0.2, -0.15) is 0 Å². The molecule has 0 aromatic rings. The first-order valence-electron chi connectivity index (χ1n) is 8.77. The Balaban J connectivity index is 3.08. The van der Waals surface area contributed by atoms with Gasteiger partial charge in [-0.3, -0.25) is 0 Å². The van der Waals surface area contributed by atoms with Crippen LogP contribution in [0.3, 0.4) is 0 Å². The van der Waals surface area contributed by atoms with Gasteiger partial charge in [0.25, 0.3) is 0 Å². The van der Waals surface area contributed by atoms with E-state index < -0.39 is 38.7 Å². The summed E-state index contributed by atoms with van der Waals surface area (Å²) in [5, 5.41) is 10.2. The number of carbonyl (C=O) groups excluding carboxylic acids is 1. The number of rotatable bonds is 5. The van der Waals surface area contributed by atoms with Crippen molar-refractivity contribution >= 4 is 14.3 Å². The van der Waals surface area contributed by atoms with E-state index in [9.17, 15) is 9.90 Å². The third-order valence-corrected chi connectivity index (χ3v) is 9.60. The van der Waals surface area contributed by atoms with Crippen molar-refractivity contribution in [1.82, 2.24) is 0 Å². The lowest BCUT2D eigenvalue weighted by Gasteiger charge is -2.41. The summed E-state index contributed by atoms with van der Waals surface area (Å²) in [5.41, 5.74) is 0. The second kappa shape index (κ2) is 8.60. The van der Waals surface area contributed by atoms with Crippen molar-refractivity contribution in [3.8, 4) is 0 Å². The van der Waals surface area contributed by atoms with Gasteiger partial charge in [0.05, 0.1) is 25.4 Å². The van der Waals surface area contributed by atoms with E-state index in [0.29, 0.717) is 19.3 Å². The van der Waals surface area contributed by atoms with E-state index in [4.69, 9.17) is 13.9 Å². The smallest absolute Gasteiger partial charge is 0.337 e. The molecular formula is C18H34O5Si. The highest BCUT2D eigenvalue weighted by Gasteiger charge is 2.43. The van der Waals surface area contributed by atoms with Crippen LogP contribution in [0.15, 0.2) is 12.2 Å². The van der Waals surface area contributed by atoms with Gasteiger partial charge < -0.3 is 19.0 Å². The summed E-state index contributed by atoms with van der Waals surface area (Å²) in [4.78, 5) is 12.3. The fourth-order valence-electron chi connectivity index (χ4n) is 2.42. The molecule has 0 spiro atoms. The number of carbonyl (C=O) groups is 1. The van der Waals surface area contributed by atoms with Crippen molar-refractivity contribution in [2.24, 2.45) is 0 Å². The Bertz CT molecular complexity index is 441. The van der Waals surface area contributed by atoms with Crippen LogP contribution in [0.1, 0.15) is 47.0 Å².